The molecule has 0 heterocycles. The summed E-state index contributed by atoms with van der Waals surface area (Å²) in [6, 6.07) is 0. The van der Waals surface area contributed by atoms with Crippen LogP contribution in [0.2, 0.25) is 0 Å². The largest absolute Gasteiger partial charge is 0.100 e. The first-order chi connectivity index (χ1) is 8.77. The van der Waals surface area contributed by atoms with Gasteiger partial charge < -0.3 is 0 Å². The first-order valence-corrected chi connectivity index (χ1v) is 8.09. The Morgan fingerprint density at radius 3 is 2.58 bits per heavy atom. The van der Waals surface area contributed by atoms with E-state index < -0.39 is 0 Å². The second-order valence-corrected chi connectivity index (χ2v) is 8.15. The van der Waals surface area contributed by atoms with Crippen LogP contribution in [-0.2, 0) is 0 Å². The molecule has 2 aliphatic rings. The van der Waals surface area contributed by atoms with Gasteiger partial charge in [0, 0.05) is 0 Å². The highest BCUT2D eigenvalue weighted by atomic mass is 14.6. The Morgan fingerprint density at radius 2 is 1.95 bits per heavy atom. The second-order valence-electron chi connectivity index (χ2n) is 8.15. The van der Waals surface area contributed by atoms with Gasteiger partial charge in [0.25, 0.3) is 0 Å². The molecule has 0 aromatic carbocycles. The zero-order valence-corrected chi connectivity index (χ0v) is 13.5. The van der Waals surface area contributed by atoms with Crippen molar-refractivity contribution in [2.45, 2.75) is 72.6 Å². The minimum Gasteiger partial charge on any atom is -0.100 e. The van der Waals surface area contributed by atoms with E-state index in [0.29, 0.717) is 10.8 Å². The van der Waals surface area contributed by atoms with Crippen LogP contribution in [-0.4, -0.2) is 0 Å². The SMILES string of the molecule is C=C(C)CC[C@H]1C(=C)CCC2C(C)(C)CCC[C@@]21C. The van der Waals surface area contributed by atoms with Crippen LogP contribution in [0.1, 0.15) is 72.6 Å². The first-order valence-electron chi connectivity index (χ1n) is 8.09. The lowest BCUT2D eigenvalue weighted by Crippen LogP contribution is -2.49. The van der Waals surface area contributed by atoms with Gasteiger partial charge >= 0.3 is 0 Å². The van der Waals surface area contributed by atoms with Crippen molar-refractivity contribution >= 4 is 0 Å². The predicted octanol–water partition coefficient (Wildman–Crippen LogP) is 6.14. The van der Waals surface area contributed by atoms with Gasteiger partial charge in [0.1, 0.15) is 0 Å². The van der Waals surface area contributed by atoms with Crippen LogP contribution in [0, 0.1) is 22.7 Å². The molecule has 1 unspecified atom stereocenters. The normalized spacial score (nSPS) is 37.8. The summed E-state index contributed by atoms with van der Waals surface area (Å²) in [4.78, 5) is 0. The maximum absolute atomic E-state index is 4.43. The fourth-order valence-electron chi connectivity index (χ4n) is 5.20. The van der Waals surface area contributed by atoms with Crippen LogP contribution in [0.3, 0.4) is 0 Å². The van der Waals surface area contributed by atoms with Gasteiger partial charge in [0.15, 0.2) is 0 Å². The van der Waals surface area contributed by atoms with Crippen molar-refractivity contribution in [2.75, 3.05) is 0 Å². The Morgan fingerprint density at radius 1 is 1.26 bits per heavy atom. The standard InChI is InChI=1S/C19H32/c1-14(2)8-10-16-15(3)9-11-17-18(4,5)12-7-13-19(16,17)6/h16-17H,1,3,7-13H2,2,4-6H3/t16-,17?,19+/m0/s1. The maximum Gasteiger partial charge on any atom is -0.0146 e. The average molecular weight is 260 g/mol. The van der Waals surface area contributed by atoms with Crippen molar-refractivity contribution in [1.29, 1.82) is 0 Å². The van der Waals surface area contributed by atoms with Crippen molar-refractivity contribution in [2.24, 2.45) is 22.7 Å². The molecule has 0 aliphatic heterocycles. The summed E-state index contributed by atoms with van der Waals surface area (Å²) in [6.45, 7) is 18.2. The van der Waals surface area contributed by atoms with Gasteiger partial charge in [-0.25, -0.2) is 0 Å². The lowest BCUT2D eigenvalue weighted by atomic mass is 9.47. The first kappa shape index (κ1) is 14.9. The number of fused-ring (bicyclic) bond motifs is 1. The molecular formula is C19H32. The van der Waals surface area contributed by atoms with Gasteiger partial charge in [0.2, 0.25) is 0 Å². The van der Waals surface area contributed by atoms with E-state index in [2.05, 4.69) is 40.9 Å². The molecule has 0 spiro atoms. The molecule has 0 N–H and O–H groups in total. The number of hydrogen-bond donors (Lipinski definition) is 0. The van der Waals surface area contributed by atoms with Crippen LogP contribution in [0.15, 0.2) is 24.3 Å². The molecule has 0 aromatic rings. The molecule has 2 aliphatic carbocycles. The van der Waals surface area contributed by atoms with Crippen LogP contribution < -0.4 is 0 Å². The molecular weight excluding hydrogens is 228 g/mol. The molecule has 0 bridgehead atoms. The van der Waals surface area contributed by atoms with Gasteiger partial charge in [0.05, 0.1) is 0 Å². The monoisotopic (exact) mass is 260 g/mol. The molecule has 0 heteroatoms. The quantitative estimate of drug-likeness (QED) is 0.534. The van der Waals surface area contributed by atoms with E-state index in [-0.39, 0.29) is 0 Å². The summed E-state index contributed by atoms with van der Waals surface area (Å²) in [5.74, 6) is 1.61. The second kappa shape index (κ2) is 5.11. The summed E-state index contributed by atoms with van der Waals surface area (Å²) in [5, 5.41) is 0. The molecule has 2 rings (SSSR count). The summed E-state index contributed by atoms with van der Waals surface area (Å²) < 4.78 is 0. The van der Waals surface area contributed by atoms with Gasteiger partial charge in [-0.05, 0) is 68.1 Å². The number of allylic oxidation sites excluding steroid dienone is 2. The summed E-state index contributed by atoms with van der Waals surface area (Å²) in [6.07, 6.45) is 9.28. The van der Waals surface area contributed by atoms with Gasteiger partial charge in [-0.2, -0.15) is 0 Å². The Kier molecular flexibility index (Phi) is 4.00. The lowest BCUT2D eigenvalue weighted by molar-refractivity contribution is -0.0538. The Hall–Kier alpha value is -0.520. The lowest BCUT2D eigenvalue weighted by Gasteiger charge is -2.58. The summed E-state index contributed by atoms with van der Waals surface area (Å²) >= 11 is 0. The van der Waals surface area contributed by atoms with E-state index in [0.717, 1.165) is 11.8 Å². The topological polar surface area (TPSA) is 0 Å². The highest BCUT2D eigenvalue weighted by Crippen LogP contribution is 2.61. The molecule has 0 saturated heterocycles. The van der Waals surface area contributed by atoms with Crippen LogP contribution in [0.25, 0.3) is 0 Å². The molecule has 19 heavy (non-hydrogen) atoms. The number of hydrogen-bond acceptors (Lipinski definition) is 0. The zero-order chi connectivity index (χ0) is 14.3. The molecule has 108 valence electrons. The number of rotatable bonds is 3. The molecule has 0 aromatic heterocycles. The molecule has 0 amide bonds. The van der Waals surface area contributed by atoms with E-state index in [9.17, 15) is 0 Å². The smallest absolute Gasteiger partial charge is 0.0146 e. The highest BCUT2D eigenvalue weighted by Gasteiger charge is 2.52. The minimum atomic E-state index is 0.493. The van der Waals surface area contributed by atoms with Crippen LogP contribution >= 0.6 is 0 Å². The fraction of sp³-hybridized carbons (Fsp3) is 0.789. The van der Waals surface area contributed by atoms with Crippen molar-refractivity contribution in [3.63, 3.8) is 0 Å². The van der Waals surface area contributed by atoms with Crippen molar-refractivity contribution in [1.82, 2.24) is 0 Å². The van der Waals surface area contributed by atoms with E-state index in [4.69, 9.17) is 0 Å². The summed E-state index contributed by atoms with van der Waals surface area (Å²) in [5.41, 5.74) is 3.87. The maximum atomic E-state index is 4.43. The zero-order valence-electron chi connectivity index (χ0n) is 13.5. The van der Waals surface area contributed by atoms with Crippen molar-refractivity contribution in [3.05, 3.63) is 24.3 Å². The molecule has 3 atom stereocenters. The Bertz CT molecular complexity index is 373. The predicted molar refractivity (Wildman–Crippen MR) is 85.1 cm³/mol. The van der Waals surface area contributed by atoms with E-state index >= 15 is 0 Å². The van der Waals surface area contributed by atoms with Crippen molar-refractivity contribution in [3.8, 4) is 0 Å². The third-order valence-electron chi connectivity index (χ3n) is 6.18. The molecule has 0 radical (unpaired) electrons. The highest BCUT2D eigenvalue weighted by molar-refractivity contribution is 5.16. The minimum absolute atomic E-state index is 0.493. The Labute approximate surface area is 120 Å². The third kappa shape index (κ3) is 2.69. The third-order valence-corrected chi connectivity index (χ3v) is 6.18. The van der Waals surface area contributed by atoms with Gasteiger partial charge in [-0.15, -0.1) is 6.58 Å². The Balaban J connectivity index is 2.24. The van der Waals surface area contributed by atoms with Gasteiger partial charge in [-0.3, -0.25) is 0 Å². The summed E-state index contributed by atoms with van der Waals surface area (Å²) in [7, 11) is 0. The fourth-order valence-corrected chi connectivity index (χ4v) is 5.20. The van der Waals surface area contributed by atoms with Crippen LogP contribution in [0.5, 0.6) is 0 Å². The van der Waals surface area contributed by atoms with E-state index in [1.807, 2.05) is 0 Å². The van der Waals surface area contributed by atoms with Crippen LogP contribution in [0.4, 0.5) is 0 Å². The van der Waals surface area contributed by atoms with Gasteiger partial charge in [-0.1, -0.05) is 44.9 Å². The average Bonchev–Trinajstić information content (AvgIpc) is 2.26. The van der Waals surface area contributed by atoms with Crippen molar-refractivity contribution < 1.29 is 0 Å². The molecule has 2 fully saturated rings. The molecule has 2 saturated carbocycles. The van der Waals surface area contributed by atoms with E-state index in [1.54, 1.807) is 0 Å². The van der Waals surface area contributed by atoms with E-state index in [1.165, 1.54) is 56.1 Å². The molecule has 0 nitrogen and oxygen atoms in total.